The molecule has 0 heterocycles. The number of ether oxygens (including phenoxy) is 3. The summed E-state index contributed by atoms with van der Waals surface area (Å²) in [6.45, 7) is 6.44. The largest absolute Gasteiger partial charge is 0.462 e. The first-order valence-corrected chi connectivity index (χ1v) is 28.4. The van der Waals surface area contributed by atoms with Crippen LogP contribution in [0.2, 0.25) is 0 Å². The lowest BCUT2D eigenvalue weighted by Crippen LogP contribution is -2.30. The summed E-state index contributed by atoms with van der Waals surface area (Å²) in [7, 11) is 0. The van der Waals surface area contributed by atoms with Crippen molar-refractivity contribution < 1.29 is 28.6 Å². The van der Waals surface area contributed by atoms with Crippen molar-refractivity contribution in [2.75, 3.05) is 13.2 Å². The van der Waals surface area contributed by atoms with Gasteiger partial charge in [0, 0.05) is 19.3 Å². The Morgan fingerprint density at radius 3 is 0.957 bits per heavy atom. The lowest BCUT2D eigenvalue weighted by molar-refractivity contribution is -0.167. The minimum atomic E-state index is -0.809. The van der Waals surface area contributed by atoms with Gasteiger partial charge in [0.25, 0.3) is 0 Å². The maximum atomic E-state index is 12.8. The van der Waals surface area contributed by atoms with Gasteiger partial charge in [0.05, 0.1) is 0 Å². The Morgan fingerprint density at radius 2 is 0.580 bits per heavy atom. The van der Waals surface area contributed by atoms with E-state index in [1.807, 2.05) is 0 Å². The van der Waals surface area contributed by atoms with E-state index in [2.05, 4.69) is 130 Å². The summed E-state index contributed by atoms with van der Waals surface area (Å²) in [6.07, 6.45) is 76.5. The van der Waals surface area contributed by atoms with E-state index in [1.165, 1.54) is 89.9 Å². The van der Waals surface area contributed by atoms with Crippen molar-refractivity contribution in [2.24, 2.45) is 0 Å². The van der Waals surface area contributed by atoms with Crippen molar-refractivity contribution in [1.29, 1.82) is 0 Å². The number of carbonyl (C=O) groups excluding carboxylic acids is 3. The van der Waals surface area contributed by atoms with Crippen molar-refractivity contribution in [1.82, 2.24) is 0 Å². The van der Waals surface area contributed by atoms with E-state index < -0.39 is 6.10 Å². The quantitative estimate of drug-likeness (QED) is 0.0262. The molecule has 0 aromatic rings. The zero-order valence-corrected chi connectivity index (χ0v) is 44.8. The average Bonchev–Trinajstić information content (AvgIpc) is 3.35. The molecule has 0 saturated heterocycles. The van der Waals surface area contributed by atoms with Crippen molar-refractivity contribution in [2.45, 2.75) is 258 Å². The molecule has 0 N–H and O–H groups in total. The number of esters is 3. The first-order chi connectivity index (χ1) is 34.0. The summed E-state index contributed by atoms with van der Waals surface area (Å²) in [5.74, 6) is -0.978. The van der Waals surface area contributed by atoms with Gasteiger partial charge in [-0.2, -0.15) is 0 Å². The van der Waals surface area contributed by atoms with Gasteiger partial charge in [-0.15, -0.1) is 0 Å². The molecule has 6 heteroatoms. The second-order valence-electron chi connectivity index (χ2n) is 18.5. The normalized spacial score (nSPS) is 12.9. The average molecular weight is 958 g/mol. The predicted molar refractivity (Wildman–Crippen MR) is 297 cm³/mol. The van der Waals surface area contributed by atoms with Gasteiger partial charge in [0.2, 0.25) is 0 Å². The number of rotatable bonds is 50. The molecule has 0 aromatic carbocycles. The highest BCUT2D eigenvalue weighted by atomic mass is 16.6. The van der Waals surface area contributed by atoms with Crippen LogP contribution in [0.1, 0.15) is 252 Å². The number of hydrogen-bond acceptors (Lipinski definition) is 6. The second kappa shape index (κ2) is 56.7. The van der Waals surface area contributed by atoms with Crippen LogP contribution in [0.25, 0.3) is 0 Å². The molecular weight excluding hydrogens is 853 g/mol. The van der Waals surface area contributed by atoms with E-state index in [0.717, 1.165) is 116 Å². The summed E-state index contributed by atoms with van der Waals surface area (Å²) < 4.78 is 16.8. The zero-order chi connectivity index (χ0) is 50.0. The maximum absolute atomic E-state index is 12.8. The molecule has 6 nitrogen and oxygen atoms in total. The van der Waals surface area contributed by atoms with E-state index in [4.69, 9.17) is 14.2 Å². The zero-order valence-electron chi connectivity index (χ0n) is 44.8. The van der Waals surface area contributed by atoms with Crippen molar-refractivity contribution in [3.63, 3.8) is 0 Å². The molecule has 0 aliphatic heterocycles. The van der Waals surface area contributed by atoms with E-state index in [-0.39, 0.29) is 37.5 Å². The molecule has 0 saturated carbocycles. The highest BCUT2D eigenvalue weighted by molar-refractivity contribution is 5.71. The number of unbranched alkanes of at least 4 members (excludes halogenated alkanes) is 21. The number of carbonyl (C=O) groups is 3. The van der Waals surface area contributed by atoms with Gasteiger partial charge in [0.15, 0.2) is 6.10 Å². The van der Waals surface area contributed by atoms with Gasteiger partial charge in [-0.1, -0.05) is 239 Å². The van der Waals surface area contributed by atoms with E-state index >= 15 is 0 Å². The minimum absolute atomic E-state index is 0.101. The SMILES string of the molecule is CC/C=C\C/C=C\C/C=C\C/C=C\C/C=C\C/C=C\C/C=C\CCCC(=O)OCC(COC(=O)CCCCCCCCCCCCCC)OC(=O)CCCCCCC/C=C\C/C=C\CCCCCC. The van der Waals surface area contributed by atoms with Crippen LogP contribution < -0.4 is 0 Å². The molecule has 392 valence electrons. The molecule has 0 fully saturated rings. The lowest BCUT2D eigenvalue weighted by atomic mass is 10.0. The lowest BCUT2D eigenvalue weighted by Gasteiger charge is -2.18. The molecule has 0 aliphatic carbocycles. The minimum Gasteiger partial charge on any atom is -0.462 e. The van der Waals surface area contributed by atoms with Gasteiger partial charge >= 0.3 is 17.9 Å². The van der Waals surface area contributed by atoms with Crippen molar-refractivity contribution in [3.8, 4) is 0 Å². The molecule has 0 radical (unpaired) electrons. The summed E-state index contributed by atoms with van der Waals surface area (Å²) in [6, 6.07) is 0. The Labute approximate surface area is 425 Å². The van der Waals surface area contributed by atoms with E-state index in [9.17, 15) is 14.4 Å². The molecule has 0 aliphatic rings. The highest BCUT2D eigenvalue weighted by Crippen LogP contribution is 2.14. The van der Waals surface area contributed by atoms with Gasteiger partial charge < -0.3 is 14.2 Å². The number of allylic oxidation sites excluding steroid dienone is 18. The van der Waals surface area contributed by atoms with Crippen LogP contribution in [0.15, 0.2) is 109 Å². The van der Waals surface area contributed by atoms with E-state index in [1.54, 1.807) is 0 Å². The van der Waals surface area contributed by atoms with Gasteiger partial charge in [-0.3, -0.25) is 14.4 Å². The summed E-state index contributed by atoms with van der Waals surface area (Å²) >= 11 is 0. The van der Waals surface area contributed by atoms with Crippen LogP contribution in [-0.4, -0.2) is 37.2 Å². The molecule has 1 unspecified atom stereocenters. The first-order valence-electron chi connectivity index (χ1n) is 28.4. The Balaban J connectivity index is 4.48. The van der Waals surface area contributed by atoms with Gasteiger partial charge in [-0.25, -0.2) is 0 Å². The van der Waals surface area contributed by atoms with Crippen LogP contribution in [-0.2, 0) is 28.6 Å². The molecule has 0 rings (SSSR count). The van der Waals surface area contributed by atoms with Crippen molar-refractivity contribution in [3.05, 3.63) is 109 Å². The van der Waals surface area contributed by atoms with E-state index in [0.29, 0.717) is 19.3 Å². The third-order valence-electron chi connectivity index (χ3n) is 11.8. The van der Waals surface area contributed by atoms with Crippen LogP contribution in [0.3, 0.4) is 0 Å². The standard InChI is InChI=1S/C63H104O6/c1-4-7-10-13-16-19-22-25-27-29-30-31-32-33-34-35-37-38-41-44-47-50-53-56-62(65)68-59-60(58-67-61(64)55-52-49-46-43-40-24-21-18-15-12-9-6-3)69-63(66)57-54-51-48-45-42-39-36-28-26-23-20-17-14-11-8-5-2/h7,10,16,19-20,23,25,27-28,30-31,33-34,36-38,44,47,60H,4-6,8-9,11-15,17-18,21-22,24,26,29,32,35,39-43,45-46,48-59H2,1-3H3/b10-7-,19-16-,23-20-,27-25-,31-30-,34-33-,36-28-,38-37-,47-44-. The summed E-state index contributed by atoms with van der Waals surface area (Å²) in [4.78, 5) is 38.1. The molecule has 0 amide bonds. The Bertz CT molecular complexity index is 1420. The topological polar surface area (TPSA) is 78.9 Å². The Kier molecular flexibility index (Phi) is 53.4. The smallest absolute Gasteiger partial charge is 0.306 e. The third-order valence-corrected chi connectivity index (χ3v) is 11.8. The monoisotopic (exact) mass is 957 g/mol. The fraction of sp³-hybridized carbons (Fsp3) is 0.667. The van der Waals surface area contributed by atoms with Crippen LogP contribution in [0.5, 0.6) is 0 Å². The predicted octanol–water partition coefficient (Wildman–Crippen LogP) is 19.1. The second-order valence-corrected chi connectivity index (χ2v) is 18.5. The molecule has 1 atom stereocenters. The fourth-order valence-corrected chi connectivity index (χ4v) is 7.52. The summed E-state index contributed by atoms with van der Waals surface area (Å²) in [5, 5.41) is 0. The first kappa shape index (κ1) is 65.1. The molecule has 0 aromatic heterocycles. The highest BCUT2D eigenvalue weighted by Gasteiger charge is 2.19. The van der Waals surface area contributed by atoms with Crippen LogP contribution in [0.4, 0.5) is 0 Å². The molecule has 69 heavy (non-hydrogen) atoms. The Morgan fingerprint density at radius 1 is 0.304 bits per heavy atom. The third kappa shape index (κ3) is 54.9. The molecular formula is C63H104O6. The maximum Gasteiger partial charge on any atom is 0.306 e. The van der Waals surface area contributed by atoms with Crippen molar-refractivity contribution >= 4 is 17.9 Å². The molecule has 0 spiro atoms. The van der Waals surface area contributed by atoms with Gasteiger partial charge in [0.1, 0.15) is 13.2 Å². The van der Waals surface area contributed by atoms with Gasteiger partial charge in [-0.05, 0) is 103 Å². The number of hydrogen-bond donors (Lipinski definition) is 0. The Hall–Kier alpha value is -3.93. The summed E-state index contributed by atoms with van der Waals surface area (Å²) in [5.41, 5.74) is 0. The van der Waals surface area contributed by atoms with Crippen LogP contribution in [0, 0.1) is 0 Å². The molecule has 0 bridgehead atoms. The fourth-order valence-electron chi connectivity index (χ4n) is 7.52. The van der Waals surface area contributed by atoms with Crippen LogP contribution >= 0.6 is 0 Å².